The molecule has 2 unspecified atom stereocenters. The number of nitrogens with zero attached hydrogens (tertiary/aromatic N) is 1. The third-order valence-corrected chi connectivity index (χ3v) is 5.94. The molecule has 1 fully saturated rings. The van der Waals surface area contributed by atoms with Gasteiger partial charge in [0.15, 0.2) is 6.10 Å². The maximum Gasteiger partial charge on any atom is 0.312 e. The van der Waals surface area contributed by atoms with E-state index in [2.05, 4.69) is 0 Å². The van der Waals surface area contributed by atoms with Crippen molar-refractivity contribution in [2.45, 2.75) is 19.4 Å². The molecule has 0 bridgehead atoms. The summed E-state index contributed by atoms with van der Waals surface area (Å²) in [6.07, 6.45) is -0.952. The predicted molar refractivity (Wildman–Crippen MR) is 131 cm³/mol. The summed E-state index contributed by atoms with van der Waals surface area (Å²) >= 11 is 5.85. The summed E-state index contributed by atoms with van der Waals surface area (Å²) < 4.78 is 16.3. The van der Waals surface area contributed by atoms with Crippen LogP contribution in [0.5, 0.6) is 17.2 Å². The molecule has 0 radical (unpaired) electrons. The van der Waals surface area contributed by atoms with Crippen LogP contribution >= 0.6 is 11.6 Å². The number of rotatable bonds is 8. The van der Waals surface area contributed by atoms with Crippen molar-refractivity contribution in [1.82, 2.24) is 0 Å². The highest BCUT2D eigenvalue weighted by Gasteiger charge is 2.37. The Balaban J connectivity index is 1.34. The van der Waals surface area contributed by atoms with E-state index < -0.39 is 18.0 Å². The summed E-state index contributed by atoms with van der Waals surface area (Å²) in [4.78, 5) is 39.3. The van der Waals surface area contributed by atoms with Crippen LogP contribution in [0.25, 0.3) is 0 Å². The van der Waals surface area contributed by atoms with Crippen molar-refractivity contribution >= 4 is 34.9 Å². The molecule has 1 saturated heterocycles. The Labute approximate surface area is 208 Å². The summed E-state index contributed by atoms with van der Waals surface area (Å²) in [5.74, 6) is 0.249. The average Bonchev–Trinajstić information content (AvgIpc) is 3.26. The second-order valence-corrected chi connectivity index (χ2v) is 8.56. The predicted octanol–water partition coefficient (Wildman–Crippen LogP) is 5.31. The van der Waals surface area contributed by atoms with Crippen molar-refractivity contribution < 1.29 is 28.6 Å². The van der Waals surface area contributed by atoms with Crippen LogP contribution in [0.2, 0.25) is 5.02 Å². The van der Waals surface area contributed by atoms with Gasteiger partial charge in [0, 0.05) is 29.2 Å². The number of carbonyl (C=O) groups excluding carboxylic acids is 3. The van der Waals surface area contributed by atoms with Crippen molar-refractivity contribution in [3.8, 4) is 17.2 Å². The maximum absolute atomic E-state index is 12.7. The highest BCUT2D eigenvalue weighted by Crippen LogP contribution is 2.30. The lowest BCUT2D eigenvalue weighted by Crippen LogP contribution is -2.30. The van der Waals surface area contributed by atoms with E-state index in [4.69, 9.17) is 25.8 Å². The first-order chi connectivity index (χ1) is 16.8. The lowest BCUT2D eigenvalue weighted by Gasteiger charge is -2.18. The largest absolute Gasteiger partial charge is 0.497 e. The SMILES string of the molecule is COc1ccc(Oc2ccc(N3CC(C(=O)OC(C)C(=O)c4ccc(Cl)cc4)CC3=O)cc2)cc1. The first kappa shape index (κ1) is 24.3. The molecule has 35 heavy (non-hydrogen) atoms. The number of halogens is 1. The number of benzene rings is 3. The topological polar surface area (TPSA) is 82.1 Å². The van der Waals surface area contributed by atoms with Gasteiger partial charge in [0.2, 0.25) is 11.7 Å². The number of methoxy groups -OCH3 is 1. The van der Waals surface area contributed by atoms with Gasteiger partial charge >= 0.3 is 5.97 Å². The molecule has 7 nitrogen and oxygen atoms in total. The molecule has 0 spiro atoms. The fraction of sp³-hybridized carbons (Fsp3) is 0.222. The van der Waals surface area contributed by atoms with E-state index in [-0.39, 0.29) is 24.7 Å². The lowest BCUT2D eigenvalue weighted by atomic mass is 10.1. The highest BCUT2D eigenvalue weighted by molar-refractivity contribution is 6.30. The van der Waals surface area contributed by atoms with Crippen LogP contribution in [0.1, 0.15) is 23.7 Å². The highest BCUT2D eigenvalue weighted by atomic mass is 35.5. The normalized spacial score (nSPS) is 16.0. The fourth-order valence-electron chi connectivity index (χ4n) is 3.76. The maximum atomic E-state index is 12.7. The Bertz CT molecular complexity index is 1210. The van der Waals surface area contributed by atoms with Crippen LogP contribution in [0.3, 0.4) is 0 Å². The first-order valence-corrected chi connectivity index (χ1v) is 11.4. The van der Waals surface area contributed by atoms with E-state index in [1.54, 1.807) is 79.9 Å². The van der Waals surface area contributed by atoms with Crippen molar-refractivity contribution in [2.24, 2.45) is 5.92 Å². The Morgan fingerprint density at radius 3 is 2.09 bits per heavy atom. The Morgan fingerprint density at radius 1 is 0.914 bits per heavy atom. The van der Waals surface area contributed by atoms with Crippen LogP contribution < -0.4 is 14.4 Å². The minimum Gasteiger partial charge on any atom is -0.497 e. The van der Waals surface area contributed by atoms with Crippen molar-refractivity contribution in [3.05, 3.63) is 83.4 Å². The molecule has 8 heteroatoms. The van der Waals surface area contributed by atoms with Gasteiger partial charge in [-0.1, -0.05) is 11.6 Å². The molecule has 0 aromatic heterocycles. The van der Waals surface area contributed by atoms with E-state index in [0.717, 1.165) is 5.75 Å². The molecule has 1 aliphatic heterocycles. The minimum atomic E-state index is -0.970. The minimum absolute atomic E-state index is 0.0186. The Morgan fingerprint density at radius 2 is 1.49 bits per heavy atom. The number of ether oxygens (including phenoxy) is 3. The second kappa shape index (κ2) is 10.6. The van der Waals surface area contributed by atoms with Crippen molar-refractivity contribution in [1.29, 1.82) is 0 Å². The van der Waals surface area contributed by atoms with E-state index in [0.29, 0.717) is 27.8 Å². The molecule has 0 aliphatic carbocycles. The second-order valence-electron chi connectivity index (χ2n) is 8.13. The molecule has 2 atom stereocenters. The monoisotopic (exact) mass is 493 g/mol. The average molecular weight is 494 g/mol. The van der Waals surface area contributed by atoms with Gasteiger partial charge < -0.3 is 19.1 Å². The molecule has 1 amide bonds. The smallest absolute Gasteiger partial charge is 0.312 e. The van der Waals surface area contributed by atoms with Gasteiger partial charge in [-0.15, -0.1) is 0 Å². The van der Waals surface area contributed by atoms with Crippen LogP contribution in [0.4, 0.5) is 5.69 Å². The van der Waals surface area contributed by atoms with E-state index in [9.17, 15) is 14.4 Å². The van der Waals surface area contributed by atoms with Crippen molar-refractivity contribution in [3.63, 3.8) is 0 Å². The van der Waals surface area contributed by atoms with Crippen LogP contribution in [-0.2, 0) is 14.3 Å². The van der Waals surface area contributed by atoms with E-state index in [1.165, 1.54) is 11.8 Å². The molecule has 180 valence electrons. The zero-order chi connectivity index (χ0) is 24.9. The number of amides is 1. The number of carbonyl (C=O) groups is 3. The van der Waals surface area contributed by atoms with Gasteiger partial charge in [-0.2, -0.15) is 0 Å². The fourth-order valence-corrected chi connectivity index (χ4v) is 3.89. The number of hydrogen-bond acceptors (Lipinski definition) is 6. The summed E-state index contributed by atoms with van der Waals surface area (Å²) in [7, 11) is 1.60. The van der Waals surface area contributed by atoms with Crippen LogP contribution in [0.15, 0.2) is 72.8 Å². The molecule has 4 rings (SSSR count). The standard InChI is InChI=1S/C27H24ClNO6/c1-17(26(31)18-3-5-20(28)6-4-18)34-27(32)19-15-25(30)29(16-19)21-7-9-23(10-8-21)35-24-13-11-22(33-2)12-14-24/h3-14,17,19H,15-16H2,1-2H3. The summed E-state index contributed by atoms with van der Waals surface area (Å²) in [5.41, 5.74) is 1.05. The molecule has 3 aromatic rings. The summed E-state index contributed by atoms with van der Waals surface area (Å²) in [6, 6.07) is 20.6. The van der Waals surface area contributed by atoms with Crippen LogP contribution in [-0.4, -0.2) is 37.4 Å². The van der Waals surface area contributed by atoms with Gasteiger partial charge in [0.05, 0.1) is 13.0 Å². The number of esters is 1. The quantitative estimate of drug-likeness (QED) is 0.312. The van der Waals surface area contributed by atoms with E-state index >= 15 is 0 Å². The molecule has 3 aromatic carbocycles. The van der Waals surface area contributed by atoms with Gasteiger partial charge in [0.1, 0.15) is 17.2 Å². The van der Waals surface area contributed by atoms with E-state index in [1.807, 2.05) is 0 Å². The third kappa shape index (κ3) is 5.81. The van der Waals surface area contributed by atoms with Gasteiger partial charge in [0.25, 0.3) is 0 Å². The molecular formula is C27H24ClNO6. The Kier molecular flexibility index (Phi) is 7.36. The number of Topliss-reactive ketones (excluding diaryl/α,β-unsaturated/α-hetero) is 1. The number of ketones is 1. The summed E-state index contributed by atoms with van der Waals surface area (Å²) in [5, 5.41) is 0.510. The molecule has 0 N–H and O–H groups in total. The summed E-state index contributed by atoms with van der Waals surface area (Å²) in [6.45, 7) is 1.70. The Hall–Kier alpha value is -3.84. The lowest BCUT2D eigenvalue weighted by molar-refractivity contribution is -0.151. The molecule has 0 saturated carbocycles. The van der Waals surface area contributed by atoms with Gasteiger partial charge in [-0.3, -0.25) is 14.4 Å². The number of hydrogen-bond donors (Lipinski definition) is 0. The van der Waals surface area contributed by atoms with Crippen molar-refractivity contribution in [2.75, 3.05) is 18.6 Å². The van der Waals surface area contributed by atoms with Gasteiger partial charge in [-0.05, 0) is 79.7 Å². The molecule has 1 heterocycles. The zero-order valence-corrected chi connectivity index (χ0v) is 20.0. The molecule has 1 aliphatic rings. The van der Waals surface area contributed by atoms with Crippen LogP contribution in [0, 0.1) is 5.92 Å². The van der Waals surface area contributed by atoms with Gasteiger partial charge in [-0.25, -0.2) is 0 Å². The zero-order valence-electron chi connectivity index (χ0n) is 19.3. The molecular weight excluding hydrogens is 470 g/mol. The third-order valence-electron chi connectivity index (χ3n) is 5.69. The number of anilines is 1. The first-order valence-electron chi connectivity index (χ1n) is 11.1.